The number of nitriles is 1. The molecule has 37 heavy (non-hydrogen) atoms. The van der Waals surface area contributed by atoms with E-state index in [2.05, 4.69) is 26.0 Å². The molecule has 11 nitrogen and oxygen atoms in total. The molecule has 198 valence electrons. The van der Waals surface area contributed by atoms with Crippen molar-refractivity contribution in [3.8, 4) is 6.07 Å². The van der Waals surface area contributed by atoms with Crippen LogP contribution in [0.25, 0.3) is 0 Å². The lowest BCUT2D eigenvalue weighted by Crippen LogP contribution is -2.32. The number of halogens is 1. The Kier molecular flexibility index (Phi) is 12.5. The molecule has 2 aromatic rings. The van der Waals surface area contributed by atoms with E-state index in [1.54, 1.807) is 25.1 Å². The standard InChI is InChI=1S/C24H29ClN6O5S/c1-4-5-22(33)35-12-10-31(11-13-36-23(34)8-9-25)18-6-7-20(21(14-18)27-17(3)32)28-29-24-19(15-26)16(2)30-37-24/h6-7,14H,4-5,8-13H2,1-3H3,(H,27,32). The van der Waals surface area contributed by atoms with Crippen LogP contribution in [0.5, 0.6) is 0 Å². The van der Waals surface area contributed by atoms with E-state index in [4.69, 9.17) is 21.1 Å². The maximum absolute atomic E-state index is 11.9. The molecule has 13 heteroatoms. The molecule has 1 heterocycles. The number of esters is 2. The number of carbonyl (C=O) groups excluding carboxylic acids is 3. The lowest BCUT2D eigenvalue weighted by Gasteiger charge is -2.25. The second kappa shape index (κ2) is 15.5. The first-order valence-electron chi connectivity index (χ1n) is 11.6. The van der Waals surface area contributed by atoms with Crippen molar-refractivity contribution in [2.45, 2.75) is 40.0 Å². The summed E-state index contributed by atoms with van der Waals surface area (Å²) in [6, 6.07) is 7.19. The molecule has 0 aliphatic carbocycles. The molecular weight excluding hydrogens is 520 g/mol. The summed E-state index contributed by atoms with van der Waals surface area (Å²) in [5.41, 5.74) is 2.35. The van der Waals surface area contributed by atoms with Crippen LogP contribution in [-0.4, -0.2) is 54.4 Å². The minimum absolute atomic E-state index is 0.0945. The zero-order chi connectivity index (χ0) is 27.2. The normalized spacial score (nSPS) is 10.7. The third-order valence-electron chi connectivity index (χ3n) is 4.86. The maximum Gasteiger partial charge on any atom is 0.307 e. The molecule has 2 rings (SSSR count). The van der Waals surface area contributed by atoms with Gasteiger partial charge in [0.05, 0.1) is 30.9 Å². The minimum atomic E-state index is -0.408. The zero-order valence-corrected chi connectivity index (χ0v) is 22.5. The Balaban J connectivity index is 2.28. The lowest BCUT2D eigenvalue weighted by molar-refractivity contribution is -0.143. The van der Waals surface area contributed by atoms with Crippen LogP contribution in [0.1, 0.15) is 44.4 Å². The van der Waals surface area contributed by atoms with Crippen LogP contribution in [0.15, 0.2) is 28.4 Å². The highest BCUT2D eigenvalue weighted by molar-refractivity contribution is 7.10. The molecule has 1 aromatic carbocycles. The van der Waals surface area contributed by atoms with E-state index < -0.39 is 5.97 Å². The number of nitrogens with one attached hydrogen (secondary N) is 1. The van der Waals surface area contributed by atoms with Gasteiger partial charge in [-0.25, -0.2) is 0 Å². The average Bonchev–Trinajstić information content (AvgIpc) is 3.21. The van der Waals surface area contributed by atoms with Crippen LogP contribution < -0.4 is 10.2 Å². The van der Waals surface area contributed by atoms with Crippen molar-refractivity contribution in [3.05, 3.63) is 29.5 Å². The summed E-state index contributed by atoms with van der Waals surface area (Å²) in [4.78, 5) is 37.2. The van der Waals surface area contributed by atoms with Crippen LogP contribution in [0, 0.1) is 18.3 Å². The monoisotopic (exact) mass is 548 g/mol. The Morgan fingerprint density at radius 2 is 1.84 bits per heavy atom. The molecular formula is C24H29ClN6O5S. The number of nitrogens with zero attached hydrogens (tertiary/aromatic N) is 5. The number of amides is 1. The van der Waals surface area contributed by atoms with Gasteiger partial charge in [0, 0.05) is 24.9 Å². The molecule has 1 aromatic heterocycles. The van der Waals surface area contributed by atoms with Crippen molar-refractivity contribution in [1.82, 2.24) is 4.37 Å². The second-order valence-electron chi connectivity index (χ2n) is 7.76. The number of carbonyl (C=O) groups is 3. The summed E-state index contributed by atoms with van der Waals surface area (Å²) >= 11 is 6.64. The van der Waals surface area contributed by atoms with E-state index in [-0.39, 0.29) is 37.4 Å². The molecule has 0 radical (unpaired) electrons. The number of alkyl halides is 1. The highest BCUT2D eigenvalue weighted by Gasteiger charge is 2.14. The first-order valence-corrected chi connectivity index (χ1v) is 12.9. The SMILES string of the molecule is CCCC(=O)OCCN(CCOC(=O)CCCl)c1ccc(N=Nc2snc(C)c2C#N)c(NC(C)=O)c1. The number of ether oxygens (including phenoxy) is 2. The molecule has 1 amide bonds. The summed E-state index contributed by atoms with van der Waals surface area (Å²) in [6.45, 7) is 5.84. The van der Waals surface area contributed by atoms with Gasteiger partial charge in [0.25, 0.3) is 0 Å². The summed E-state index contributed by atoms with van der Waals surface area (Å²) in [7, 11) is 0. The summed E-state index contributed by atoms with van der Waals surface area (Å²) in [6.07, 6.45) is 1.12. The van der Waals surface area contributed by atoms with E-state index in [0.29, 0.717) is 59.3 Å². The van der Waals surface area contributed by atoms with Crippen LogP contribution in [0.3, 0.4) is 0 Å². The van der Waals surface area contributed by atoms with Gasteiger partial charge in [0.1, 0.15) is 30.5 Å². The quantitative estimate of drug-likeness (QED) is 0.197. The topological polar surface area (TPSA) is 146 Å². The van der Waals surface area contributed by atoms with Crippen molar-refractivity contribution >= 4 is 63.0 Å². The van der Waals surface area contributed by atoms with Crippen LogP contribution >= 0.6 is 23.1 Å². The third-order valence-corrected chi connectivity index (χ3v) is 5.88. The molecule has 0 saturated carbocycles. The second-order valence-corrected chi connectivity index (χ2v) is 8.89. The predicted molar refractivity (Wildman–Crippen MR) is 141 cm³/mol. The predicted octanol–water partition coefficient (Wildman–Crippen LogP) is 5.02. The van der Waals surface area contributed by atoms with Crippen molar-refractivity contribution in [2.75, 3.05) is 42.4 Å². The molecule has 0 saturated heterocycles. The molecule has 1 N–H and O–H groups in total. The number of hydrogen-bond acceptors (Lipinski definition) is 11. The first-order chi connectivity index (χ1) is 17.8. The fourth-order valence-electron chi connectivity index (χ4n) is 3.09. The highest BCUT2D eigenvalue weighted by atomic mass is 35.5. The maximum atomic E-state index is 11.9. The van der Waals surface area contributed by atoms with Crippen molar-refractivity contribution in [2.24, 2.45) is 10.2 Å². The number of hydrogen-bond donors (Lipinski definition) is 1. The van der Waals surface area contributed by atoms with Gasteiger partial charge >= 0.3 is 11.9 Å². The third kappa shape index (κ3) is 9.78. The molecule has 0 atom stereocenters. The molecule has 0 unspecified atom stereocenters. The largest absolute Gasteiger partial charge is 0.464 e. The zero-order valence-electron chi connectivity index (χ0n) is 21.0. The average molecular weight is 549 g/mol. The fourth-order valence-corrected chi connectivity index (χ4v) is 3.92. The Morgan fingerprint density at radius 3 is 2.43 bits per heavy atom. The number of rotatable bonds is 14. The number of azo groups is 1. The molecule has 0 spiro atoms. The minimum Gasteiger partial charge on any atom is -0.464 e. The Hall–Kier alpha value is -3.56. The Bertz CT molecular complexity index is 1140. The first kappa shape index (κ1) is 29.7. The van der Waals surface area contributed by atoms with E-state index in [9.17, 15) is 19.6 Å². The number of aromatic nitrogens is 1. The van der Waals surface area contributed by atoms with Gasteiger partial charge in [0.15, 0.2) is 5.00 Å². The highest BCUT2D eigenvalue weighted by Crippen LogP contribution is 2.34. The number of anilines is 2. The van der Waals surface area contributed by atoms with Crippen molar-refractivity contribution in [1.29, 1.82) is 5.26 Å². The van der Waals surface area contributed by atoms with E-state index in [0.717, 1.165) is 11.5 Å². The van der Waals surface area contributed by atoms with Gasteiger partial charge in [-0.3, -0.25) is 14.4 Å². The molecule has 0 aliphatic heterocycles. The molecule has 0 bridgehead atoms. The van der Waals surface area contributed by atoms with Crippen LogP contribution in [0.2, 0.25) is 0 Å². The van der Waals surface area contributed by atoms with Gasteiger partial charge in [-0.05, 0) is 43.1 Å². The number of aryl methyl sites for hydroxylation is 1. The summed E-state index contributed by atoms with van der Waals surface area (Å²) in [5.74, 6) is -0.840. The van der Waals surface area contributed by atoms with E-state index in [1.165, 1.54) is 6.92 Å². The van der Waals surface area contributed by atoms with Gasteiger partial charge in [-0.1, -0.05) is 6.92 Å². The van der Waals surface area contributed by atoms with Crippen molar-refractivity contribution in [3.63, 3.8) is 0 Å². The van der Waals surface area contributed by atoms with E-state index in [1.807, 2.05) is 11.8 Å². The lowest BCUT2D eigenvalue weighted by atomic mass is 10.2. The Morgan fingerprint density at radius 1 is 1.16 bits per heavy atom. The van der Waals surface area contributed by atoms with Crippen LogP contribution in [-0.2, 0) is 23.9 Å². The van der Waals surface area contributed by atoms with Gasteiger partial charge in [-0.2, -0.15) is 9.64 Å². The Labute approximate surface area is 224 Å². The van der Waals surface area contributed by atoms with Gasteiger partial charge in [-0.15, -0.1) is 21.8 Å². The van der Waals surface area contributed by atoms with Gasteiger partial charge < -0.3 is 19.7 Å². The summed E-state index contributed by atoms with van der Waals surface area (Å²) < 4.78 is 14.6. The fraction of sp³-hybridized carbons (Fsp3) is 0.458. The molecule has 0 aliphatic rings. The van der Waals surface area contributed by atoms with E-state index >= 15 is 0 Å². The summed E-state index contributed by atoms with van der Waals surface area (Å²) in [5, 5.41) is 20.8. The van der Waals surface area contributed by atoms with Crippen LogP contribution in [0.4, 0.5) is 22.1 Å². The number of benzene rings is 1. The van der Waals surface area contributed by atoms with Gasteiger partial charge in [0.2, 0.25) is 5.91 Å². The molecule has 0 fully saturated rings. The smallest absolute Gasteiger partial charge is 0.307 e. The van der Waals surface area contributed by atoms with Crippen molar-refractivity contribution < 1.29 is 23.9 Å².